The Morgan fingerprint density at radius 1 is 1.17 bits per heavy atom. The van der Waals surface area contributed by atoms with E-state index in [9.17, 15) is 14.4 Å². The number of nitrogens with one attached hydrogen (secondary N) is 1. The van der Waals surface area contributed by atoms with Gasteiger partial charge in [0.25, 0.3) is 5.91 Å². The topological polar surface area (TPSA) is 90.0 Å². The third-order valence-electron chi connectivity index (χ3n) is 4.81. The number of rotatable bonds is 8. The van der Waals surface area contributed by atoms with Crippen LogP contribution >= 0.6 is 0 Å². The van der Waals surface area contributed by atoms with Gasteiger partial charge < -0.3 is 15.3 Å². The smallest absolute Gasteiger partial charge is 0.325 e. The lowest BCUT2D eigenvalue weighted by Gasteiger charge is -2.37. The van der Waals surface area contributed by atoms with Crippen LogP contribution in [0.2, 0.25) is 0 Å². The normalized spacial score (nSPS) is 21.0. The van der Waals surface area contributed by atoms with Gasteiger partial charge in [0.1, 0.15) is 5.54 Å². The van der Waals surface area contributed by atoms with E-state index in [-0.39, 0.29) is 24.9 Å². The van der Waals surface area contributed by atoms with Crippen molar-refractivity contribution in [1.29, 1.82) is 0 Å². The summed E-state index contributed by atoms with van der Waals surface area (Å²) in [6, 6.07) is -0.375. The van der Waals surface area contributed by atoms with Gasteiger partial charge in [0, 0.05) is 26.1 Å². The number of hydrogen-bond acceptors (Lipinski definition) is 4. The molecule has 0 aromatic carbocycles. The summed E-state index contributed by atoms with van der Waals surface area (Å²) in [5, 5.41) is 11.5. The Morgan fingerprint density at radius 3 is 2.48 bits per heavy atom. The molecule has 130 valence electrons. The van der Waals surface area contributed by atoms with Crippen molar-refractivity contribution in [3.8, 4) is 0 Å². The van der Waals surface area contributed by atoms with E-state index in [4.69, 9.17) is 5.11 Å². The second kappa shape index (κ2) is 7.77. The van der Waals surface area contributed by atoms with Crippen molar-refractivity contribution in [2.24, 2.45) is 0 Å². The summed E-state index contributed by atoms with van der Waals surface area (Å²) in [6.45, 7) is 5.04. The number of carboxylic acid groups (broad SMARTS) is 1. The number of carbonyl (C=O) groups excluding carboxylic acids is 2. The monoisotopic (exact) mass is 325 g/mol. The highest BCUT2D eigenvalue weighted by molar-refractivity contribution is 6.07. The first-order valence-corrected chi connectivity index (χ1v) is 8.57. The van der Waals surface area contributed by atoms with E-state index in [1.165, 1.54) is 24.2 Å². The summed E-state index contributed by atoms with van der Waals surface area (Å²) < 4.78 is 0. The molecule has 7 nitrogen and oxygen atoms in total. The molecular weight excluding hydrogens is 298 g/mol. The number of carbonyl (C=O) groups is 3. The molecule has 7 heteroatoms. The highest BCUT2D eigenvalue weighted by atomic mass is 16.4. The Balaban J connectivity index is 1.85. The maximum absolute atomic E-state index is 12.6. The molecule has 0 bridgehead atoms. The molecule has 2 fully saturated rings. The summed E-state index contributed by atoms with van der Waals surface area (Å²) >= 11 is 0. The Morgan fingerprint density at radius 2 is 1.87 bits per heavy atom. The molecule has 0 unspecified atom stereocenters. The van der Waals surface area contributed by atoms with Crippen LogP contribution in [-0.4, -0.2) is 64.5 Å². The zero-order valence-electron chi connectivity index (χ0n) is 13.8. The number of unbranched alkanes of at least 4 members (excludes halogenated alkanes) is 2. The molecule has 0 aromatic rings. The second-order valence-corrected chi connectivity index (χ2v) is 6.52. The van der Waals surface area contributed by atoms with Crippen LogP contribution in [0.15, 0.2) is 0 Å². The number of nitrogens with zero attached hydrogens (tertiary/aromatic N) is 2. The lowest BCUT2D eigenvalue weighted by molar-refractivity contribution is -0.138. The van der Waals surface area contributed by atoms with E-state index in [1.54, 1.807) is 0 Å². The third-order valence-corrected chi connectivity index (χ3v) is 4.81. The molecule has 0 aliphatic carbocycles. The van der Waals surface area contributed by atoms with Crippen LogP contribution in [0.5, 0.6) is 0 Å². The van der Waals surface area contributed by atoms with Gasteiger partial charge in [-0.3, -0.25) is 14.5 Å². The average molecular weight is 325 g/mol. The Labute approximate surface area is 137 Å². The van der Waals surface area contributed by atoms with Gasteiger partial charge in [-0.1, -0.05) is 19.8 Å². The van der Waals surface area contributed by atoms with Crippen molar-refractivity contribution in [3.63, 3.8) is 0 Å². The molecule has 3 amide bonds. The number of urea groups is 1. The Hall–Kier alpha value is -1.63. The molecule has 0 radical (unpaired) electrons. The lowest BCUT2D eigenvalue weighted by Crippen LogP contribution is -2.55. The quantitative estimate of drug-likeness (QED) is 0.520. The highest BCUT2D eigenvalue weighted by Gasteiger charge is 2.51. The van der Waals surface area contributed by atoms with Crippen LogP contribution in [0.3, 0.4) is 0 Å². The van der Waals surface area contributed by atoms with E-state index in [0.29, 0.717) is 19.3 Å². The second-order valence-electron chi connectivity index (χ2n) is 6.52. The zero-order valence-corrected chi connectivity index (χ0v) is 13.8. The zero-order chi connectivity index (χ0) is 16.9. The van der Waals surface area contributed by atoms with Gasteiger partial charge in [-0.15, -0.1) is 0 Å². The Kier molecular flexibility index (Phi) is 5.98. The number of hydrogen-bond donors (Lipinski definition) is 2. The van der Waals surface area contributed by atoms with Gasteiger partial charge in [-0.25, -0.2) is 4.79 Å². The van der Waals surface area contributed by atoms with Crippen LogP contribution in [0, 0.1) is 0 Å². The number of carboxylic acids is 1. The lowest BCUT2D eigenvalue weighted by atomic mass is 9.87. The number of amides is 3. The molecule has 0 aromatic heterocycles. The van der Waals surface area contributed by atoms with E-state index < -0.39 is 11.5 Å². The van der Waals surface area contributed by atoms with Crippen LogP contribution in [0.25, 0.3) is 0 Å². The summed E-state index contributed by atoms with van der Waals surface area (Å²) in [6.07, 6.45) is 5.12. The largest absolute Gasteiger partial charge is 0.481 e. The predicted molar refractivity (Wildman–Crippen MR) is 85.0 cm³/mol. The average Bonchev–Trinajstić information content (AvgIpc) is 2.74. The third kappa shape index (κ3) is 4.22. The van der Waals surface area contributed by atoms with Crippen molar-refractivity contribution >= 4 is 17.9 Å². The van der Waals surface area contributed by atoms with E-state index in [1.807, 2.05) is 0 Å². The number of aliphatic carboxylic acids is 1. The molecule has 23 heavy (non-hydrogen) atoms. The summed E-state index contributed by atoms with van der Waals surface area (Å²) in [7, 11) is 0. The molecule has 2 aliphatic rings. The van der Waals surface area contributed by atoms with Crippen molar-refractivity contribution in [3.05, 3.63) is 0 Å². The molecule has 1 spiro atoms. The first-order valence-electron chi connectivity index (χ1n) is 8.57. The molecule has 0 atom stereocenters. The predicted octanol–water partition coefficient (Wildman–Crippen LogP) is 1.43. The van der Waals surface area contributed by atoms with Crippen molar-refractivity contribution in [1.82, 2.24) is 15.1 Å². The van der Waals surface area contributed by atoms with Gasteiger partial charge in [0.15, 0.2) is 0 Å². The van der Waals surface area contributed by atoms with Crippen molar-refractivity contribution in [2.75, 3.05) is 26.2 Å². The van der Waals surface area contributed by atoms with Crippen LogP contribution in [0.4, 0.5) is 4.79 Å². The van der Waals surface area contributed by atoms with Gasteiger partial charge >= 0.3 is 12.0 Å². The molecular formula is C16H27N3O4. The fraction of sp³-hybridized carbons (Fsp3) is 0.812. The minimum absolute atomic E-state index is 0.0325. The summed E-state index contributed by atoms with van der Waals surface area (Å²) in [4.78, 5) is 38.8. The SMILES string of the molecule is CCCCCN1CCC2(CC1)NC(=O)N(CCCC(=O)O)C2=O. The standard InChI is InChI=1S/C16H27N3O4/c1-2-3-4-9-18-11-7-16(8-12-18)14(22)19(15(23)17-16)10-5-6-13(20)21/h2-12H2,1H3,(H,17,23)(H,20,21). The van der Waals surface area contributed by atoms with E-state index >= 15 is 0 Å². The molecule has 2 N–H and O–H groups in total. The molecule has 0 saturated carbocycles. The van der Waals surface area contributed by atoms with Crippen LogP contribution < -0.4 is 5.32 Å². The minimum atomic E-state index is -0.910. The number of piperidine rings is 1. The van der Waals surface area contributed by atoms with E-state index in [2.05, 4.69) is 17.1 Å². The molecule has 2 heterocycles. The fourth-order valence-electron chi connectivity index (χ4n) is 3.35. The fourth-order valence-corrected chi connectivity index (χ4v) is 3.35. The van der Waals surface area contributed by atoms with E-state index in [0.717, 1.165) is 19.6 Å². The Bertz CT molecular complexity index is 458. The molecule has 2 rings (SSSR count). The number of likely N-dealkylation sites (tertiary alicyclic amines) is 1. The summed E-state index contributed by atoms with van der Waals surface area (Å²) in [5.41, 5.74) is -0.762. The first kappa shape index (κ1) is 17.7. The van der Waals surface area contributed by atoms with Gasteiger partial charge in [-0.05, 0) is 32.2 Å². The highest BCUT2D eigenvalue weighted by Crippen LogP contribution is 2.29. The van der Waals surface area contributed by atoms with Crippen LogP contribution in [-0.2, 0) is 9.59 Å². The minimum Gasteiger partial charge on any atom is -0.481 e. The maximum atomic E-state index is 12.6. The number of imide groups is 1. The van der Waals surface area contributed by atoms with Gasteiger partial charge in [0.2, 0.25) is 0 Å². The maximum Gasteiger partial charge on any atom is 0.325 e. The van der Waals surface area contributed by atoms with Crippen LogP contribution in [0.1, 0.15) is 51.9 Å². The first-order chi connectivity index (χ1) is 11.0. The van der Waals surface area contributed by atoms with Crippen molar-refractivity contribution < 1.29 is 19.5 Å². The van der Waals surface area contributed by atoms with Gasteiger partial charge in [0.05, 0.1) is 0 Å². The van der Waals surface area contributed by atoms with Crippen molar-refractivity contribution in [2.45, 2.75) is 57.4 Å². The molecule has 2 aliphatic heterocycles. The molecule has 2 saturated heterocycles. The van der Waals surface area contributed by atoms with Gasteiger partial charge in [-0.2, -0.15) is 0 Å². The summed E-state index contributed by atoms with van der Waals surface area (Å²) in [5.74, 6) is -1.09.